The zero-order chi connectivity index (χ0) is 8.67. The Morgan fingerprint density at radius 2 is 2.15 bits per heavy atom. The molecule has 1 aromatic carbocycles. The van der Waals surface area contributed by atoms with Crippen LogP contribution in [0.1, 0.15) is 17.2 Å². The number of aromatic nitrogens is 1. The molecule has 1 N–H and O–H groups in total. The highest BCUT2D eigenvalue weighted by atomic mass is 32.2. The van der Waals surface area contributed by atoms with Crippen molar-refractivity contribution in [2.24, 2.45) is 0 Å². The SMILES string of the molecule is c1ccc2c(C3CCS3)c[nH]c2c1. The molecule has 2 heteroatoms. The van der Waals surface area contributed by atoms with Crippen molar-refractivity contribution in [2.75, 3.05) is 5.75 Å². The average molecular weight is 189 g/mol. The fourth-order valence-corrected chi connectivity index (χ4v) is 2.69. The minimum atomic E-state index is 0.746. The highest BCUT2D eigenvalue weighted by Crippen LogP contribution is 2.44. The fourth-order valence-electron chi connectivity index (χ4n) is 1.84. The van der Waals surface area contributed by atoms with E-state index in [0.717, 1.165) is 5.25 Å². The van der Waals surface area contributed by atoms with Gasteiger partial charge < -0.3 is 4.98 Å². The van der Waals surface area contributed by atoms with E-state index in [4.69, 9.17) is 0 Å². The minimum absolute atomic E-state index is 0.746. The first kappa shape index (κ1) is 7.51. The molecule has 3 rings (SSSR count). The van der Waals surface area contributed by atoms with Crippen LogP contribution in [0.25, 0.3) is 10.9 Å². The fraction of sp³-hybridized carbons (Fsp3) is 0.273. The summed E-state index contributed by atoms with van der Waals surface area (Å²) in [7, 11) is 0. The van der Waals surface area contributed by atoms with Gasteiger partial charge in [0.15, 0.2) is 0 Å². The standard InChI is InChI=1S/C11H11NS/c1-2-4-10-8(3-1)9(7-12-10)11-5-6-13-11/h1-4,7,11-12H,5-6H2. The summed E-state index contributed by atoms with van der Waals surface area (Å²) in [6, 6.07) is 8.54. The molecule has 1 saturated heterocycles. The van der Waals surface area contributed by atoms with E-state index in [1.807, 2.05) is 0 Å². The van der Waals surface area contributed by atoms with Gasteiger partial charge in [-0.05, 0) is 23.8 Å². The Balaban J connectivity index is 2.17. The molecule has 13 heavy (non-hydrogen) atoms. The van der Waals surface area contributed by atoms with Gasteiger partial charge in [-0.2, -0.15) is 11.8 Å². The first-order valence-corrected chi connectivity index (χ1v) is 5.67. The number of rotatable bonds is 1. The number of fused-ring (bicyclic) bond motifs is 1. The van der Waals surface area contributed by atoms with E-state index in [1.54, 1.807) is 0 Å². The second-order valence-electron chi connectivity index (χ2n) is 3.44. The highest BCUT2D eigenvalue weighted by molar-refractivity contribution is 8.00. The molecule has 66 valence electrons. The summed E-state index contributed by atoms with van der Waals surface area (Å²) in [6.45, 7) is 0. The topological polar surface area (TPSA) is 15.8 Å². The third kappa shape index (κ3) is 1.09. The molecule has 1 aliphatic rings. The van der Waals surface area contributed by atoms with Crippen LogP contribution in [-0.2, 0) is 0 Å². The number of para-hydroxylation sites is 1. The molecular weight excluding hydrogens is 178 g/mol. The maximum absolute atomic E-state index is 3.32. The summed E-state index contributed by atoms with van der Waals surface area (Å²) in [5.41, 5.74) is 2.76. The van der Waals surface area contributed by atoms with Crippen LogP contribution in [0.15, 0.2) is 30.5 Å². The lowest BCUT2D eigenvalue weighted by molar-refractivity contribution is 0.856. The number of benzene rings is 1. The molecule has 0 amide bonds. The lowest BCUT2D eigenvalue weighted by Crippen LogP contribution is -2.05. The Bertz CT molecular complexity index is 428. The van der Waals surface area contributed by atoms with E-state index in [9.17, 15) is 0 Å². The number of hydrogen-bond acceptors (Lipinski definition) is 1. The molecule has 0 saturated carbocycles. The quantitative estimate of drug-likeness (QED) is 0.727. The number of aromatic amines is 1. The molecule has 0 aliphatic carbocycles. The van der Waals surface area contributed by atoms with Gasteiger partial charge in [-0.3, -0.25) is 0 Å². The Labute approximate surface area is 81.5 Å². The maximum Gasteiger partial charge on any atom is 0.0457 e. The van der Waals surface area contributed by atoms with Gasteiger partial charge in [-0.15, -0.1) is 0 Å². The van der Waals surface area contributed by atoms with Crippen LogP contribution >= 0.6 is 11.8 Å². The van der Waals surface area contributed by atoms with Crippen LogP contribution < -0.4 is 0 Å². The Morgan fingerprint density at radius 3 is 2.92 bits per heavy atom. The summed E-state index contributed by atoms with van der Waals surface area (Å²) in [5.74, 6) is 1.32. The zero-order valence-electron chi connectivity index (χ0n) is 7.29. The molecule has 1 fully saturated rings. The Kier molecular flexibility index (Phi) is 1.62. The van der Waals surface area contributed by atoms with Crippen LogP contribution in [0.3, 0.4) is 0 Å². The van der Waals surface area contributed by atoms with Crippen molar-refractivity contribution < 1.29 is 0 Å². The smallest absolute Gasteiger partial charge is 0.0457 e. The predicted molar refractivity (Wildman–Crippen MR) is 58.1 cm³/mol. The van der Waals surface area contributed by atoms with Gasteiger partial charge in [0, 0.05) is 22.3 Å². The monoisotopic (exact) mass is 189 g/mol. The largest absolute Gasteiger partial charge is 0.361 e. The van der Waals surface area contributed by atoms with Gasteiger partial charge in [-0.1, -0.05) is 18.2 Å². The third-order valence-corrected chi connectivity index (χ3v) is 4.03. The van der Waals surface area contributed by atoms with Crippen LogP contribution in [0, 0.1) is 0 Å². The molecule has 0 bridgehead atoms. The van der Waals surface area contributed by atoms with E-state index in [1.165, 1.54) is 28.6 Å². The summed E-state index contributed by atoms with van der Waals surface area (Å²) in [6.07, 6.45) is 3.51. The zero-order valence-corrected chi connectivity index (χ0v) is 8.10. The van der Waals surface area contributed by atoms with Crippen molar-refractivity contribution in [3.05, 3.63) is 36.0 Å². The molecule has 0 radical (unpaired) electrons. The van der Waals surface area contributed by atoms with Crippen molar-refractivity contribution in [2.45, 2.75) is 11.7 Å². The summed E-state index contributed by atoms with van der Waals surface area (Å²) in [4.78, 5) is 3.32. The van der Waals surface area contributed by atoms with Crippen molar-refractivity contribution in [1.82, 2.24) is 4.98 Å². The number of thioether (sulfide) groups is 1. The molecule has 1 aliphatic heterocycles. The molecule has 1 nitrogen and oxygen atoms in total. The molecule has 2 heterocycles. The molecule has 1 atom stereocenters. The number of hydrogen-bond donors (Lipinski definition) is 1. The van der Waals surface area contributed by atoms with E-state index in [-0.39, 0.29) is 0 Å². The maximum atomic E-state index is 3.32. The van der Waals surface area contributed by atoms with E-state index >= 15 is 0 Å². The van der Waals surface area contributed by atoms with Crippen LogP contribution in [0.5, 0.6) is 0 Å². The summed E-state index contributed by atoms with van der Waals surface area (Å²) >= 11 is 2.06. The minimum Gasteiger partial charge on any atom is -0.361 e. The molecule has 1 aromatic heterocycles. The number of nitrogens with one attached hydrogen (secondary N) is 1. The Morgan fingerprint density at radius 1 is 1.31 bits per heavy atom. The van der Waals surface area contributed by atoms with Crippen molar-refractivity contribution in [3.8, 4) is 0 Å². The Hall–Kier alpha value is -0.890. The lowest BCUT2D eigenvalue weighted by atomic mass is 10.1. The van der Waals surface area contributed by atoms with Crippen molar-refractivity contribution in [1.29, 1.82) is 0 Å². The second kappa shape index (κ2) is 2.81. The first-order chi connectivity index (χ1) is 6.45. The molecule has 2 aromatic rings. The van der Waals surface area contributed by atoms with Gasteiger partial charge >= 0.3 is 0 Å². The van der Waals surface area contributed by atoms with Gasteiger partial charge in [0.2, 0.25) is 0 Å². The van der Waals surface area contributed by atoms with E-state index in [2.05, 4.69) is 47.2 Å². The van der Waals surface area contributed by atoms with E-state index < -0.39 is 0 Å². The average Bonchev–Trinajstić information content (AvgIpc) is 2.47. The van der Waals surface area contributed by atoms with Crippen molar-refractivity contribution >= 4 is 22.7 Å². The molecule has 1 unspecified atom stereocenters. The van der Waals surface area contributed by atoms with Crippen LogP contribution in [0.4, 0.5) is 0 Å². The first-order valence-electron chi connectivity index (χ1n) is 4.63. The van der Waals surface area contributed by atoms with Crippen LogP contribution in [0.2, 0.25) is 0 Å². The van der Waals surface area contributed by atoms with Crippen molar-refractivity contribution in [3.63, 3.8) is 0 Å². The van der Waals surface area contributed by atoms with Gasteiger partial charge in [0.25, 0.3) is 0 Å². The predicted octanol–water partition coefficient (Wildman–Crippen LogP) is 3.35. The van der Waals surface area contributed by atoms with E-state index in [0.29, 0.717) is 0 Å². The number of H-pyrrole nitrogens is 1. The van der Waals surface area contributed by atoms with Gasteiger partial charge in [0.05, 0.1) is 0 Å². The van der Waals surface area contributed by atoms with Gasteiger partial charge in [0.1, 0.15) is 0 Å². The summed E-state index contributed by atoms with van der Waals surface area (Å²) in [5, 5.41) is 2.15. The second-order valence-corrected chi connectivity index (χ2v) is 4.75. The molecular formula is C11H11NS. The normalized spacial score (nSPS) is 21.7. The van der Waals surface area contributed by atoms with Gasteiger partial charge in [-0.25, -0.2) is 0 Å². The highest BCUT2D eigenvalue weighted by Gasteiger charge is 2.22. The lowest BCUT2D eigenvalue weighted by Gasteiger charge is -2.24. The summed E-state index contributed by atoms with van der Waals surface area (Å²) < 4.78 is 0. The molecule has 0 spiro atoms. The van der Waals surface area contributed by atoms with Crippen LogP contribution in [-0.4, -0.2) is 10.7 Å². The third-order valence-electron chi connectivity index (χ3n) is 2.67.